The Balaban J connectivity index is 1.74. The summed E-state index contributed by atoms with van der Waals surface area (Å²) in [5, 5.41) is 11.4. The van der Waals surface area contributed by atoms with Crippen molar-refractivity contribution in [3.63, 3.8) is 0 Å². The molecule has 0 amide bonds. The lowest BCUT2D eigenvalue weighted by molar-refractivity contribution is 0.0565. The van der Waals surface area contributed by atoms with E-state index in [0.717, 1.165) is 28.5 Å². The monoisotopic (exact) mass is 548 g/mol. The number of fused-ring (bicyclic) bond motifs is 1. The summed E-state index contributed by atoms with van der Waals surface area (Å²) < 4.78 is 10.4. The molecule has 2 aromatic carbocycles. The van der Waals surface area contributed by atoms with Crippen molar-refractivity contribution in [3.05, 3.63) is 99.9 Å². The maximum absolute atomic E-state index is 12.5. The van der Waals surface area contributed by atoms with E-state index in [1.54, 1.807) is 12.1 Å². The Kier molecular flexibility index (Phi) is 12.6. The smallest absolute Gasteiger partial charge is 0.374 e. The number of unbranched alkanes of at least 4 members (excludes halogenated alkanes) is 7. The van der Waals surface area contributed by atoms with Crippen LogP contribution in [0.2, 0.25) is 0 Å². The fourth-order valence-electron chi connectivity index (χ4n) is 4.39. The van der Waals surface area contributed by atoms with Crippen LogP contribution in [0.1, 0.15) is 86.1 Å². The zero-order valence-corrected chi connectivity index (χ0v) is 24.0. The SMILES string of the molecule is CCCCCCCCCC=CC=C[C@@H](Sc1ccc2c(=O)cc(C(=O)OC)oc2c1)[C@@H](O)c1cccc(C)c1. The van der Waals surface area contributed by atoms with Gasteiger partial charge in [0.05, 0.1) is 23.8 Å². The summed E-state index contributed by atoms with van der Waals surface area (Å²) in [7, 11) is 1.24. The molecule has 3 aromatic rings. The molecule has 0 fully saturated rings. The molecule has 0 saturated carbocycles. The third kappa shape index (κ3) is 9.55. The van der Waals surface area contributed by atoms with Crippen LogP contribution in [-0.4, -0.2) is 23.4 Å². The standard InChI is InChI=1S/C33H40O5S/c1-4-5-6-7-8-9-10-11-12-13-14-18-31(32(35)25-17-15-16-24(2)21-25)39-26-19-20-27-28(34)23-30(33(36)37-3)38-29(27)22-26/h12-23,31-32,35H,4-11H2,1-3H3/t31-,32+/m1/s1. The highest BCUT2D eigenvalue weighted by Crippen LogP contribution is 2.35. The number of methoxy groups -OCH3 is 1. The zero-order chi connectivity index (χ0) is 28.0. The van der Waals surface area contributed by atoms with Gasteiger partial charge in [0.25, 0.3) is 0 Å². The van der Waals surface area contributed by atoms with Gasteiger partial charge in [-0.2, -0.15) is 0 Å². The molecule has 0 bridgehead atoms. The van der Waals surface area contributed by atoms with E-state index >= 15 is 0 Å². The molecule has 0 unspecified atom stereocenters. The Morgan fingerprint density at radius 2 is 1.79 bits per heavy atom. The maximum Gasteiger partial charge on any atom is 0.374 e. The number of aliphatic hydroxyl groups excluding tert-OH is 1. The number of allylic oxidation sites excluding steroid dienone is 3. The Morgan fingerprint density at radius 3 is 2.54 bits per heavy atom. The van der Waals surface area contributed by atoms with Gasteiger partial charge in [0.1, 0.15) is 5.58 Å². The Labute approximate surface area is 236 Å². The van der Waals surface area contributed by atoms with Crippen molar-refractivity contribution in [1.29, 1.82) is 0 Å². The van der Waals surface area contributed by atoms with E-state index in [4.69, 9.17) is 9.15 Å². The first-order chi connectivity index (χ1) is 18.9. The van der Waals surface area contributed by atoms with Gasteiger partial charge >= 0.3 is 5.97 Å². The molecule has 0 spiro atoms. The van der Waals surface area contributed by atoms with Gasteiger partial charge in [0.2, 0.25) is 5.76 Å². The van der Waals surface area contributed by atoms with E-state index in [9.17, 15) is 14.7 Å². The van der Waals surface area contributed by atoms with Crippen LogP contribution in [0.5, 0.6) is 0 Å². The van der Waals surface area contributed by atoms with Gasteiger partial charge in [-0.3, -0.25) is 4.79 Å². The molecule has 5 nitrogen and oxygen atoms in total. The number of esters is 1. The predicted molar refractivity (Wildman–Crippen MR) is 160 cm³/mol. The second-order valence-electron chi connectivity index (χ2n) is 9.79. The van der Waals surface area contributed by atoms with Gasteiger partial charge in [-0.25, -0.2) is 4.79 Å². The average molecular weight is 549 g/mol. The van der Waals surface area contributed by atoms with E-state index < -0.39 is 12.1 Å². The summed E-state index contributed by atoms with van der Waals surface area (Å²) in [4.78, 5) is 25.2. The quantitative estimate of drug-likeness (QED) is 0.0890. The molecule has 3 rings (SSSR count). The molecule has 1 N–H and O–H groups in total. The second kappa shape index (κ2) is 16.1. The highest BCUT2D eigenvalue weighted by atomic mass is 32.2. The summed E-state index contributed by atoms with van der Waals surface area (Å²) in [5.74, 6) is -0.842. The molecule has 6 heteroatoms. The van der Waals surface area contributed by atoms with Crippen LogP contribution in [0.25, 0.3) is 11.0 Å². The van der Waals surface area contributed by atoms with Crippen molar-refractivity contribution in [2.75, 3.05) is 7.11 Å². The van der Waals surface area contributed by atoms with E-state index in [1.165, 1.54) is 63.8 Å². The van der Waals surface area contributed by atoms with Crippen molar-refractivity contribution < 1.29 is 19.1 Å². The number of aliphatic hydroxyl groups is 1. The first-order valence-electron chi connectivity index (χ1n) is 13.8. The number of hydrogen-bond acceptors (Lipinski definition) is 6. The van der Waals surface area contributed by atoms with Gasteiger partial charge in [0.15, 0.2) is 5.43 Å². The summed E-state index contributed by atoms with van der Waals surface area (Å²) >= 11 is 1.47. The third-order valence-electron chi connectivity index (χ3n) is 6.58. The van der Waals surface area contributed by atoms with Crippen LogP contribution in [-0.2, 0) is 4.74 Å². The first-order valence-corrected chi connectivity index (χ1v) is 14.7. The minimum Gasteiger partial charge on any atom is -0.463 e. The predicted octanol–water partition coefficient (Wildman–Crippen LogP) is 8.34. The van der Waals surface area contributed by atoms with Crippen LogP contribution >= 0.6 is 11.8 Å². The molecule has 2 atom stereocenters. The van der Waals surface area contributed by atoms with Gasteiger partial charge in [-0.1, -0.05) is 99.6 Å². The van der Waals surface area contributed by atoms with Crippen molar-refractivity contribution in [1.82, 2.24) is 0 Å². The highest BCUT2D eigenvalue weighted by Gasteiger charge is 2.21. The van der Waals surface area contributed by atoms with E-state index in [2.05, 4.69) is 19.1 Å². The zero-order valence-electron chi connectivity index (χ0n) is 23.2. The summed E-state index contributed by atoms with van der Waals surface area (Å²) in [6, 6.07) is 14.3. The number of thioether (sulfide) groups is 1. The van der Waals surface area contributed by atoms with E-state index in [0.29, 0.717) is 11.0 Å². The normalized spacial score (nSPS) is 13.3. The van der Waals surface area contributed by atoms with Gasteiger partial charge < -0.3 is 14.3 Å². The van der Waals surface area contributed by atoms with Crippen molar-refractivity contribution >= 4 is 28.7 Å². The number of benzene rings is 2. The lowest BCUT2D eigenvalue weighted by Crippen LogP contribution is -2.13. The lowest BCUT2D eigenvalue weighted by atomic mass is 10.0. The molecule has 39 heavy (non-hydrogen) atoms. The number of hydrogen-bond donors (Lipinski definition) is 1. The number of rotatable bonds is 15. The molecule has 0 aliphatic carbocycles. The summed E-state index contributed by atoms with van der Waals surface area (Å²) in [6.07, 6.45) is 17.6. The second-order valence-corrected chi connectivity index (χ2v) is 11.0. The molecule has 0 aliphatic heterocycles. The van der Waals surface area contributed by atoms with Crippen molar-refractivity contribution in [2.24, 2.45) is 0 Å². The maximum atomic E-state index is 12.5. The molecule has 1 heterocycles. The lowest BCUT2D eigenvalue weighted by Gasteiger charge is -2.20. The molecule has 208 valence electrons. The fourth-order valence-corrected chi connectivity index (χ4v) is 5.48. The van der Waals surface area contributed by atoms with Crippen LogP contribution < -0.4 is 5.43 Å². The van der Waals surface area contributed by atoms with E-state index in [1.807, 2.05) is 49.4 Å². The summed E-state index contributed by atoms with van der Waals surface area (Å²) in [6.45, 7) is 4.25. The topological polar surface area (TPSA) is 76.7 Å². The van der Waals surface area contributed by atoms with Gasteiger partial charge in [-0.15, -0.1) is 11.8 Å². The Morgan fingerprint density at radius 1 is 1.03 bits per heavy atom. The Bertz CT molecular complexity index is 1320. The molecule has 0 radical (unpaired) electrons. The number of carbonyl (C=O) groups is 1. The third-order valence-corrected chi connectivity index (χ3v) is 7.79. The molecule has 0 aliphatic rings. The van der Waals surface area contributed by atoms with E-state index in [-0.39, 0.29) is 16.4 Å². The number of ether oxygens (including phenoxy) is 1. The van der Waals surface area contributed by atoms with Gasteiger partial charge in [-0.05, 0) is 43.5 Å². The minimum atomic E-state index is -0.744. The van der Waals surface area contributed by atoms with Crippen LogP contribution in [0, 0.1) is 6.92 Å². The van der Waals surface area contributed by atoms with Crippen LogP contribution in [0.3, 0.4) is 0 Å². The largest absolute Gasteiger partial charge is 0.463 e. The molecule has 1 aromatic heterocycles. The Hall–Kier alpha value is -3.09. The first kappa shape index (κ1) is 30.5. The number of aryl methyl sites for hydroxylation is 1. The average Bonchev–Trinajstić information content (AvgIpc) is 2.94. The molecule has 0 saturated heterocycles. The van der Waals surface area contributed by atoms with Crippen LogP contribution in [0.15, 0.2) is 86.9 Å². The molecular weight excluding hydrogens is 508 g/mol. The minimum absolute atomic E-state index is 0.139. The fraction of sp³-hybridized carbons (Fsp3) is 0.394. The van der Waals surface area contributed by atoms with Crippen molar-refractivity contribution in [3.8, 4) is 0 Å². The molecular formula is C33H40O5S. The van der Waals surface area contributed by atoms with Gasteiger partial charge in [0, 0.05) is 11.0 Å². The highest BCUT2D eigenvalue weighted by molar-refractivity contribution is 8.00. The number of carbonyl (C=O) groups excluding carboxylic acids is 1. The van der Waals surface area contributed by atoms with Crippen molar-refractivity contribution in [2.45, 2.75) is 81.5 Å². The summed E-state index contributed by atoms with van der Waals surface area (Å²) in [5.41, 5.74) is 1.91. The van der Waals surface area contributed by atoms with Crippen LogP contribution in [0.4, 0.5) is 0 Å².